The second-order valence-corrected chi connectivity index (χ2v) is 12.3. The van der Waals surface area contributed by atoms with E-state index in [1.165, 1.54) is 21.2 Å². The van der Waals surface area contributed by atoms with Crippen LogP contribution in [-0.2, 0) is 30.6 Å². The first-order valence-corrected chi connectivity index (χ1v) is 15.1. The molecule has 5 N–H and O–H groups in total. The second kappa shape index (κ2) is 11.3. The monoisotopic (exact) mass is 627 g/mol. The number of β-lactam (4-membered cyclic amide) rings is 1. The molecule has 2 aliphatic heterocycles. The third-order valence-electron chi connectivity index (χ3n) is 7.52. The van der Waals surface area contributed by atoms with Crippen LogP contribution in [0, 0.1) is 0 Å². The Morgan fingerprint density at radius 3 is 2.86 bits per heavy atom. The highest BCUT2D eigenvalue weighted by atomic mass is 32.2. The molecule has 3 amide bonds. The summed E-state index contributed by atoms with van der Waals surface area (Å²) in [6, 6.07) is 2.48. The molecule has 224 valence electrons. The first-order valence-electron chi connectivity index (χ1n) is 13.3. The van der Waals surface area contributed by atoms with Gasteiger partial charge in [0.2, 0.25) is 17.9 Å². The highest BCUT2D eigenvalue weighted by Gasteiger charge is 2.54. The van der Waals surface area contributed by atoms with Gasteiger partial charge in [-0.1, -0.05) is 14.8 Å². The standard InChI is InChI=1S/C25H26N10O6S2/c1-25(6-2-3-7-25)41-31-16(19-30-24(26)43-32-19)20(37)29-17-21(38)34-18(23(39)40)13(11-42-22(17)34)9-33-10-14(27-12-36)35-15(33)5-4-8-28-35/h4-5,8,10,12,17,22H,2-3,6-7,9,11H2,1H3,(H4-,26,27,28,29,30,32,36,37,39,40)/p+1/b31-16-/t17-,22-/m1/s1. The molecule has 2 atom stereocenters. The van der Waals surface area contributed by atoms with Crippen LogP contribution in [0.15, 0.2) is 41.0 Å². The molecule has 0 aromatic carbocycles. The average Bonchev–Trinajstić information content (AvgIpc) is 3.71. The predicted octanol–water partition coefficient (Wildman–Crippen LogP) is 0.116. The number of oxime groups is 1. The number of fused-ring (bicyclic) bond motifs is 2. The van der Waals surface area contributed by atoms with Gasteiger partial charge < -0.3 is 21.0 Å². The Morgan fingerprint density at radius 2 is 2.16 bits per heavy atom. The van der Waals surface area contributed by atoms with Crippen LogP contribution in [0.25, 0.3) is 5.65 Å². The fraction of sp³-hybridized carbons (Fsp3) is 0.400. The Hall–Kier alpha value is -4.58. The number of imidazole rings is 1. The van der Waals surface area contributed by atoms with Crippen LogP contribution in [0.5, 0.6) is 0 Å². The van der Waals surface area contributed by atoms with Gasteiger partial charge in [-0.2, -0.15) is 9.36 Å². The highest BCUT2D eigenvalue weighted by molar-refractivity contribution is 8.00. The van der Waals surface area contributed by atoms with Gasteiger partial charge in [-0.05, 0) is 38.7 Å². The summed E-state index contributed by atoms with van der Waals surface area (Å²) in [6.07, 6.45) is 7.23. The van der Waals surface area contributed by atoms with Crippen molar-refractivity contribution in [2.24, 2.45) is 5.16 Å². The molecule has 5 heterocycles. The van der Waals surface area contributed by atoms with Crippen LogP contribution in [0.1, 0.15) is 38.4 Å². The van der Waals surface area contributed by atoms with Crippen molar-refractivity contribution >= 4 is 69.8 Å². The largest absolute Gasteiger partial charge is 0.477 e. The summed E-state index contributed by atoms with van der Waals surface area (Å²) in [6.45, 7) is 2.04. The third-order valence-corrected chi connectivity index (χ3v) is 9.40. The molecular weight excluding hydrogens is 600 g/mol. The van der Waals surface area contributed by atoms with Crippen LogP contribution >= 0.6 is 23.3 Å². The van der Waals surface area contributed by atoms with E-state index < -0.39 is 34.8 Å². The van der Waals surface area contributed by atoms with E-state index in [2.05, 4.69) is 30.2 Å². The molecule has 0 spiro atoms. The maximum Gasteiger partial charge on any atom is 0.352 e. The smallest absolute Gasteiger partial charge is 0.352 e. The van der Waals surface area contributed by atoms with Gasteiger partial charge in [0.05, 0.1) is 6.20 Å². The number of rotatable bonds is 10. The Labute approximate surface area is 252 Å². The fourth-order valence-corrected chi connectivity index (χ4v) is 7.20. The fourth-order valence-electron chi connectivity index (χ4n) is 5.43. The molecule has 2 fully saturated rings. The molecular formula is C25H27N10O6S2+. The van der Waals surface area contributed by atoms with Crippen molar-refractivity contribution < 1.29 is 33.7 Å². The van der Waals surface area contributed by atoms with Crippen LogP contribution in [0.3, 0.4) is 0 Å². The number of carboxylic acids is 1. The molecule has 0 bridgehead atoms. The number of hydrogen-bond acceptors (Lipinski definition) is 12. The van der Waals surface area contributed by atoms with Crippen molar-refractivity contribution in [1.29, 1.82) is 0 Å². The molecule has 1 saturated carbocycles. The molecule has 16 nitrogen and oxygen atoms in total. The number of hydrogen-bond donors (Lipinski definition) is 4. The molecule has 3 aromatic rings. The highest BCUT2D eigenvalue weighted by Crippen LogP contribution is 2.40. The Balaban J connectivity index is 1.23. The molecule has 1 aliphatic carbocycles. The van der Waals surface area contributed by atoms with Crippen molar-refractivity contribution in [3.8, 4) is 0 Å². The summed E-state index contributed by atoms with van der Waals surface area (Å²) in [7, 11) is 0. The van der Waals surface area contributed by atoms with Gasteiger partial charge in [0, 0.05) is 28.9 Å². The summed E-state index contributed by atoms with van der Waals surface area (Å²) in [4.78, 5) is 61.3. The van der Waals surface area contributed by atoms with Crippen LogP contribution in [-0.4, -0.2) is 81.7 Å². The van der Waals surface area contributed by atoms with Crippen LogP contribution in [0.4, 0.5) is 10.9 Å². The van der Waals surface area contributed by atoms with Crippen LogP contribution < -0.4 is 20.9 Å². The molecule has 43 heavy (non-hydrogen) atoms. The normalized spacial score (nSPS) is 21.4. The van der Waals surface area contributed by atoms with Crippen molar-refractivity contribution in [2.75, 3.05) is 16.8 Å². The number of aromatic nitrogens is 5. The minimum Gasteiger partial charge on any atom is -0.477 e. The zero-order chi connectivity index (χ0) is 30.3. The lowest BCUT2D eigenvalue weighted by molar-refractivity contribution is -0.662. The lowest BCUT2D eigenvalue weighted by Gasteiger charge is -2.49. The lowest BCUT2D eigenvalue weighted by Crippen LogP contribution is -2.71. The number of carboxylic acid groups (broad SMARTS) is 1. The maximum absolute atomic E-state index is 13.4. The number of nitrogen functional groups attached to an aromatic ring is 1. The number of carbonyl (C=O) groups excluding carboxylic acids is 3. The van der Waals surface area contributed by atoms with E-state index >= 15 is 0 Å². The predicted molar refractivity (Wildman–Crippen MR) is 154 cm³/mol. The maximum atomic E-state index is 13.4. The lowest BCUT2D eigenvalue weighted by atomic mass is 10.0. The number of nitrogens with zero attached hydrogens (tertiary/aromatic N) is 7. The molecule has 1 saturated heterocycles. The number of aliphatic carboxylic acids is 1. The molecule has 0 unspecified atom stereocenters. The summed E-state index contributed by atoms with van der Waals surface area (Å²) in [5.74, 6) is -1.93. The van der Waals surface area contributed by atoms with E-state index in [4.69, 9.17) is 10.6 Å². The molecule has 18 heteroatoms. The number of carbonyl (C=O) groups is 4. The van der Waals surface area contributed by atoms with Gasteiger partial charge in [-0.3, -0.25) is 24.6 Å². The SMILES string of the molecule is CC1(O/N=C(\C(=O)N[C@@H]2C(=O)N3C(C(=O)O)=C(C[n+]4cc(NC=O)n5ncccc54)CS[C@H]23)c2nsc(N)n2)CCCC1. The van der Waals surface area contributed by atoms with E-state index in [0.29, 0.717) is 23.4 Å². The first kappa shape index (κ1) is 28.5. The molecule has 3 aromatic heterocycles. The molecule has 0 radical (unpaired) electrons. The van der Waals surface area contributed by atoms with E-state index in [9.17, 15) is 24.3 Å². The number of nitrogens with two attached hydrogens (primary N) is 1. The summed E-state index contributed by atoms with van der Waals surface area (Å²) in [5.41, 5.74) is 5.92. The van der Waals surface area contributed by atoms with Gasteiger partial charge in [-0.25, -0.2) is 9.36 Å². The van der Waals surface area contributed by atoms with Gasteiger partial charge in [-0.15, -0.1) is 11.8 Å². The van der Waals surface area contributed by atoms with E-state index in [0.717, 1.165) is 37.2 Å². The van der Waals surface area contributed by atoms with Crippen molar-refractivity contribution in [2.45, 2.75) is 56.2 Å². The second-order valence-electron chi connectivity index (χ2n) is 10.5. The minimum absolute atomic E-state index is 0.0234. The van der Waals surface area contributed by atoms with Gasteiger partial charge in [0.1, 0.15) is 29.3 Å². The Kier molecular flexibility index (Phi) is 7.47. The minimum atomic E-state index is -1.27. The number of nitrogens with one attached hydrogen (secondary N) is 2. The van der Waals surface area contributed by atoms with Crippen molar-refractivity contribution in [3.05, 3.63) is 41.6 Å². The van der Waals surface area contributed by atoms with E-state index in [-0.39, 0.29) is 34.7 Å². The summed E-state index contributed by atoms with van der Waals surface area (Å²) < 4.78 is 7.34. The number of amides is 3. The Bertz CT molecular complexity index is 1690. The van der Waals surface area contributed by atoms with Gasteiger partial charge in [0.25, 0.3) is 17.6 Å². The zero-order valence-electron chi connectivity index (χ0n) is 22.8. The Morgan fingerprint density at radius 1 is 1.37 bits per heavy atom. The number of anilines is 2. The number of thioether (sulfide) groups is 1. The zero-order valence-corrected chi connectivity index (χ0v) is 24.4. The van der Waals surface area contributed by atoms with E-state index in [1.54, 1.807) is 29.1 Å². The third kappa shape index (κ3) is 5.27. The molecule has 3 aliphatic rings. The van der Waals surface area contributed by atoms with Crippen molar-refractivity contribution in [1.82, 2.24) is 29.2 Å². The summed E-state index contributed by atoms with van der Waals surface area (Å²) in [5, 5.41) is 23.2. The quantitative estimate of drug-likeness (QED) is 0.0779. The topological polar surface area (TPSA) is 210 Å². The average molecular weight is 628 g/mol. The first-order chi connectivity index (χ1) is 20.7. The summed E-state index contributed by atoms with van der Waals surface area (Å²) >= 11 is 2.22. The van der Waals surface area contributed by atoms with Gasteiger partial charge in [0.15, 0.2) is 11.3 Å². The van der Waals surface area contributed by atoms with E-state index in [1.807, 2.05) is 6.92 Å². The molecule has 6 rings (SSSR count). The van der Waals surface area contributed by atoms with Crippen molar-refractivity contribution in [3.63, 3.8) is 0 Å². The van der Waals surface area contributed by atoms with Crippen LogP contribution in [0.2, 0.25) is 0 Å². The van der Waals surface area contributed by atoms with Gasteiger partial charge >= 0.3 is 11.6 Å².